The van der Waals surface area contributed by atoms with Gasteiger partial charge in [-0.1, -0.05) is 42.1 Å². The van der Waals surface area contributed by atoms with Crippen molar-refractivity contribution in [3.05, 3.63) is 65.7 Å². The molecule has 0 unspecified atom stereocenters. The molecule has 0 bridgehead atoms. The summed E-state index contributed by atoms with van der Waals surface area (Å²) in [5, 5.41) is 2.26. The summed E-state index contributed by atoms with van der Waals surface area (Å²) in [6.45, 7) is 1.82. The van der Waals surface area contributed by atoms with Gasteiger partial charge in [0.2, 0.25) is 5.91 Å². The van der Waals surface area contributed by atoms with Crippen molar-refractivity contribution in [1.82, 2.24) is 10.2 Å². The van der Waals surface area contributed by atoms with Crippen molar-refractivity contribution in [2.75, 3.05) is 0 Å². The van der Waals surface area contributed by atoms with E-state index in [1.807, 2.05) is 37.3 Å². The third-order valence-corrected chi connectivity index (χ3v) is 5.16. The maximum atomic E-state index is 13.8. The third kappa shape index (κ3) is 3.82. The van der Waals surface area contributed by atoms with E-state index in [4.69, 9.17) is 0 Å². The van der Waals surface area contributed by atoms with Gasteiger partial charge in [0.1, 0.15) is 17.0 Å². The van der Waals surface area contributed by atoms with Gasteiger partial charge in [0.05, 0.1) is 12.5 Å². The normalized spacial score (nSPS) is 17.8. The molecule has 0 aliphatic carbocycles. The lowest BCUT2D eigenvalue weighted by Crippen LogP contribution is -2.57. The van der Waals surface area contributed by atoms with Crippen LogP contribution in [0.25, 0.3) is 0 Å². The van der Waals surface area contributed by atoms with Gasteiger partial charge >= 0.3 is 6.03 Å². The van der Waals surface area contributed by atoms with Gasteiger partial charge in [-0.25, -0.2) is 13.6 Å². The molecule has 4 nitrogen and oxygen atoms in total. The molecule has 0 spiro atoms. The smallest absolute Gasteiger partial charge is 0.325 e. The molecule has 1 heterocycles. The van der Waals surface area contributed by atoms with Crippen molar-refractivity contribution >= 4 is 23.7 Å². The van der Waals surface area contributed by atoms with E-state index < -0.39 is 23.0 Å². The van der Waals surface area contributed by atoms with Crippen LogP contribution >= 0.6 is 11.8 Å². The Morgan fingerprint density at radius 3 is 2.60 bits per heavy atom. The summed E-state index contributed by atoms with van der Waals surface area (Å²) in [6.07, 6.45) is 0.134. The zero-order chi connectivity index (χ0) is 18.0. The Kier molecular flexibility index (Phi) is 5.03. The van der Waals surface area contributed by atoms with E-state index in [1.54, 1.807) is 0 Å². The summed E-state index contributed by atoms with van der Waals surface area (Å²) in [6, 6.07) is 11.8. The molecule has 1 aliphatic rings. The Morgan fingerprint density at radius 1 is 1.24 bits per heavy atom. The number of amides is 3. The largest absolute Gasteiger partial charge is 0.331 e. The number of carbonyl (C=O) groups excluding carboxylic acids is 2. The highest BCUT2D eigenvalue weighted by Gasteiger charge is 2.42. The molecule has 1 fully saturated rings. The minimum atomic E-state index is -0.706. The predicted molar refractivity (Wildman–Crippen MR) is 90.9 cm³/mol. The fraction of sp³-hybridized carbons (Fsp3) is 0.222. The van der Waals surface area contributed by atoms with E-state index in [0.717, 1.165) is 34.4 Å². The van der Waals surface area contributed by atoms with Gasteiger partial charge in [0.15, 0.2) is 0 Å². The van der Waals surface area contributed by atoms with Gasteiger partial charge < -0.3 is 5.32 Å². The van der Waals surface area contributed by atoms with Crippen LogP contribution in [0.15, 0.2) is 53.4 Å². The first-order valence-corrected chi connectivity index (χ1v) is 8.63. The minimum Gasteiger partial charge on any atom is -0.331 e. The number of halogens is 2. The monoisotopic (exact) mass is 362 g/mol. The number of β-lactam (4-membered cyclic amide) rings is 1. The molecule has 3 amide bonds. The molecule has 25 heavy (non-hydrogen) atoms. The van der Waals surface area contributed by atoms with E-state index in [9.17, 15) is 18.4 Å². The van der Waals surface area contributed by atoms with Crippen molar-refractivity contribution in [2.45, 2.75) is 29.7 Å². The van der Waals surface area contributed by atoms with Crippen LogP contribution in [-0.4, -0.2) is 22.2 Å². The van der Waals surface area contributed by atoms with Crippen molar-refractivity contribution in [2.24, 2.45) is 0 Å². The molecule has 0 aromatic heterocycles. The second-order valence-corrected chi connectivity index (χ2v) is 6.92. The zero-order valence-corrected chi connectivity index (χ0v) is 14.2. The quantitative estimate of drug-likeness (QED) is 0.834. The number of carbonyl (C=O) groups is 2. The van der Waals surface area contributed by atoms with Gasteiger partial charge in [0.25, 0.3) is 0 Å². The van der Waals surface area contributed by atoms with Crippen molar-refractivity contribution in [1.29, 1.82) is 0 Å². The minimum absolute atomic E-state index is 0.134. The number of likely N-dealkylation sites (tertiary alicyclic amines) is 1. The van der Waals surface area contributed by atoms with Crippen molar-refractivity contribution < 1.29 is 18.4 Å². The fourth-order valence-corrected chi connectivity index (χ4v) is 3.68. The molecule has 1 aliphatic heterocycles. The second kappa shape index (κ2) is 7.23. The van der Waals surface area contributed by atoms with Crippen LogP contribution in [0.5, 0.6) is 0 Å². The van der Waals surface area contributed by atoms with Crippen LogP contribution in [0.3, 0.4) is 0 Å². The third-order valence-electron chi connectivity index (χ3n) is 3.92. The van der Waals surface area contributed by atoms with E-state index in [-0.39, 0.29) is 23.3 Å². The Hall–Kier alpha value is -2.41. The summed E-state index contributed by atoms with van der Waals surface area (Å²) in [7, 11) is 0. The summed E-state index contributed by atoms with van der Waals surface area (Å²) < 4.78 is 26.7. The van der Waals surface area contributed by atoms with Crippen LogP contribution < -0.4 is 5.32 Å². The Balaban J connectivity index is 1.66. The lowest BCUT2D eigenvalue weighted by Gasteiger charge is -2.38. The summed E-state index contributed by atoms with van der Waals surface area (Å²) in [4.78, 5) is 25.5. The Bertz CT molecular complexity index is 801. The molecule has 3 rings (SSSR count). The average molecular weight is 362 g/mol. The highest BCUT2D eigenvalue weighted by molar-refractivity contribution is 8.00. The SMILES string of the molecule is C[C@H](NC(=O)N1C(=O)C[C@H]1Sc1ccc(F)cc1F)c1ccccc1. The number of rotatable bonds is 4. The topological polar surface area (TPSA) is 49.4 Å². The molecule has 1 saturated heterocycles. The molecule has 130 valence electrons. The number of urea groups is 1. The first kappa shape index (κ1) is 17.4. The molecule has 0 saturated carbocycles. The van der Waals surface area contributed by atoms with Crippen molar-refractivity contribution in [3.8, 4) is 0 Å². The molecule has 2 aromatic rings. The number of hydrogen-bond donors (Lipinski definition) is 1. The van der Waals surface area contributed by atoms with Gasteiger partial charge in [-0.05, 0) is 24.6 Å². The van der Waals surface area contributed by atoms with Crippen molar-refractivity contribution in [3.63, 3.8) is 0 Å². The van der Waals surface area contributed by atoms with E-state index >= 15 is 0 Å². The number of nitrogens with one attached hydrogen (secondary N) is 1. The summed E-state index contributed by atoms with van der Waals surface area (Å²) >= 11 is 1.03. The van der Waals surface area contributed by atoms with Crippen LogP contribution in [0.2, 0.25) is 0 Å². The van der Waals surface area contributed by atoms with Crippen LogP contribution in [0.4, 0.5) is 13.6 Å². The van der Waals surface area contributed by atoms with Crippen LogP contribution in [0, 0.1) is 11.6 Å². The molecular weight excluding hydrogens is 346 g/mol. The van der Waals surface area contributed by atoms with Gasteiger partial charge in [-0.2, -0.15) is 0 Å². The van der Waals surface area contributed by atoms with E-state index in [1.165, 1.54) is 6.07 Å². The number of benzene rings is 2. The zero-order valence-electron chi connectivity index (χ0n) is 13.4. The molecule has 2 atom stereocenters. The second-order valence-electron chi connectivity index (χ2n) is 5.70. The van der Waals surface area contributed by atoms with Gasteiger partial charge in [0, 0.05) is 11.0 Å². The number of imide groups is 1. The van der Waals surface area contributed by atoms with E-state index in [0.29, 0.717) is 0 Å². The van der Waals surface area contributed by atoms with Crippen LogP contribution in [0.1, 0.15) is 24.9 Å². The van der Waals surface area contributed by atoms with Gasteiger partial charge in [-0.15, -0.1) is 0 Å². The number of hydrogen-bond acceptors (Lipinski definition) is 3. The first-order valence-electron chi connectivity index (χ1n) is 7.75. The Morgan fingerprint density at radius 2 is 1.96 bits per heavy atom. The standard InChI is InChI=1S/C18H16F2N2O2S/c1-11(12-5-3-2-4-6-12)21-18(24)22-16(23)10-17(22)25-15-8-7-13(19)9-14(15)20/h2-9,11,17H,10H2,1H3,(H,21,24)/t11-,17+/m0/s1. The highest BCUT2D eigenvalue weighted by atomic mass is 32.2. The van der Waals surface area contributed by atoms with E-state index in [2.05, 4.69) is 5.32 Å². The summed E-state index contributed by atoms with van der Waals surface area (Å²) in [5.41, 5.74) is 0.914. The molecular formula is C18H16F2N2O2S. The molecule has 2 aromatic carbocycles. The number of nitrogens with zero attached hydrogens (tertiary/aromatic N) is 1. The molecule has 7 heteroatoms. The molecule has 1 N–H and O–H groups in total. The maximum Gasteiger partial charge on any atom is 0.325 e. The first-order chi connectivity index (χ1) is 12.0. The predicted octanol–water partition coefficient (Wildman–Crippen LogP) is 4.09. The number of thioether (sulfide) groups is 1. The van der Waals surface area contributed by atoms with Gasteiger partial charge in [-0.3, -0.25) is 9.69 Å². The maximum absolute atomic E-state index is 13.8. The lowest BCUT2D eigenvalue weighted by atomic mass is 10.1. The Labute approximate surface area is 148 Å². The fourth-order valence-electron chi connectivity index (χ4n) is 2.52. The summed E-state index contributed by atoms with van der Waals surface area (Å²) in [5.74, 6) is -1.70. The highest BCUT2D eigenvalue weighted by Crippen LogP contribution is 2.36. The average Bonchev–Trinajstić information content (AvgIpc) is 2.57. The lowest BCUT2D eigenvalue weighted by molar-refractivity contribution is -0.137. The van der Waals surface area contributed by atoms with Crippen LogP contribution in [-0.2, 0) is 4.79 Å². The molecule has 0 radical (unpaired) electrons.